The van der Waals surface area contributed by atoms with E-state index < -0.39 is 10.0 Å². The van der Waals surface area contributed by atoms with E-state index in [0.29, 0.717) is 26.2 Å². The van der Waals surface area contributed by atoms with Crippen LogP contribution >= 0.6 is 22.7 Å². The Labute approximate surface area is 178 Å². The summed E-state index contributed by atoms with van der Waals surface area (Å²) in [7, 11) is -3.38. The van der Waals surface area contributed by atoms with Gasteiger partial charge in [-0.05, 0) is 17.0 Å². The molecule has 1 amide bonds. The van der Waals surface area contributed by atoms with Crippen molar-refractivity contribution in [3.8, 4) is 10.6 Å². The van der Waals surface area contributed by atoms with Gasteiger partial charge in [0, 0.05) is 42.5 Å². The van der Waals surface area contributed by atoms with Crippen molar-refractivity contribution in [1.29, 1.82) is 0 Å². The first-order valence-electron chi connectivity index (χ1n) is 9.28. The Kier molecular flexibility index (Phi) is 6.09. The largest absolute Gasteiger partial charge is 0.340 e. The van der Waals surface area contributed by atoms with Gasteiger partial charge in [-0.25, -0.2) is 13.4 Å². The number of piperazine rings is 1. The molecule has 1 aliphatic heterocycles. The molecule has 4 rings (SSSR count). The molecule has 0 aliphatic carbocycles. The highest BCUT2D eigenvalue weighted by molar-refractivity contribution is 7.88. The van der Waals surface area contributed by atoms with Crippen molar-refractivity contribution >= 4 is 38.6 Å². The normalized spacial score (nSPS) is 15.5. The summed E-state index contributed by atoms with van der Waals surface area (Å²) in [5.74, 6) is -0.0151. The highest BCUT2D eigenvalue weighted by atomic mass is 32.2. The van der Waals surface area contributed by atoms with Gasteiger partial charge in [0.05, 0.1) is 17.9 Å². The first-order chi connectivity index (χ1) is 14.0. The molecule has 3 aromatic rings. The zero-order valence-corrected chi connectivity index (χ0v) is 18.2. The Balaban J connectivity index is 1.31. The van der Waals surface area contributed by atoms with Crippen LogP contribution in [-0.4, -0.2) is 54.7 Å². The molecule has 0 spiro atoms. The maximum atomic E-state index is 12.7. The maximum absolute atomic E-state index is 12.7. The second kappa shape index (κ2) is 8.74. The molecule has 1 aliphatic rings. The summed E-state index contributed by atoms with van der Waals surface area (Å²) in [4.78, 5) is 18.9. The second-order valence-electron chi connectivity index (χ2n) is 6.85. The number of hydrogen-bond acceptors (Lipinski definition) is 6. The topological polar surface area (TPSA) is 70.6 Å². The Morgan fingerprint density at radius 2 is 1.79 bits per heavy atom. The van der Waals surface area contributed by atoms with Crippen LogP contribution in [0, 0.1) is 0 Å². The molecule has 6 nitrogen and oxygen atoms in total. The van der Waals surface area contributed by atoms with Gasteiger partial charge < -0.3 is 4.90 Å². The van der Waals surface area contributed by atoms with E-state index in [1.807, 2.05) is 52.5 Å². The molecular formula is C20H21N3O3S3. The van der Waals surface area contributed by atoms with E-state index in [0.717, 1.165) is 21.8 Å². The fourth-order valence-corrected chi connectivity index (χ4v) is 6.31. The Bertz CT molecular complexity index is 1050. The molecule has 0 atom stereocenters. The molecule has 0 unspecified atom stereocenters. The summed E-state index contributed by atoms with van der Waals surface area (Å²) in [5.41, 5.74) is 2.62. The van der Waals surface area contributed by atoms with Crippen molar-refractivity contribution in [2.24, 2.45) is 0 Å². The smallest absolute Gasteiger partial charge is 0.228 e. The van der Waals surface area contributed by atoms with Gasteiger partial charge in [0.25, 0.3) is 0 Å². The van der Waals surface area contributed by atoms with Gasteiger partial charge >= 0.3 is 0 Å². The molecule has 1 aromatic carbocycles. The molecule has 0 N–H and O–H groups in total. The van der Waals surface area contributed by atoms with Crippen LogP contribution in [0.2, 0.25) is 0 Å². The maximum Gasteiger partial charge on any atom is 0.228 e. The lowest BCUT2D eigenvalue weighted by molar-refractivity contribution is -0.131. The Hall–Kier alpha value is -2.07. The van der Waals surface area contributed by atoms with Crippen LogP contribution in [0.4, 0.5) is 0 Å². The van der Waals surface area contributed by atoms with Gasteiger partial charge in [-0.1, -0.05) is 30.3 Å². The molecule has 152 valence electrons. The van der Waals surface area contributed by atoms with Crippen LogP contribution in [0.1, 0.15) is 11.3 Å². The third kappa shape index (κ3) is 4.92. The average molecular weight is 448 g/mol. The Morgan fingerprint density at radius 1 is 1.03 bits per heavy atom. The van der Waals surface area contributed by atoms with E-state index in [1.165, 1.54) is 15.6 Å². The Morgan fingerprint density at radius 3 is 2.48 bits per heavy atom. The predicted molar refractivity (Wildman–Crippen MR) is 116 cm³/mol. The lowest BCUT2D eigenvalue weighted by Crippen LogP contribution is -2.51. The summed E-state index contributed by atoms with van der Waals surface area (Å²) in [6, 6.07) is 11.2. The summed E-state index contributed by atoms with van der Waals surface area (Å²) < 4.78 is 26.8. The highest BCUT2D eigenvalue weighted by Crippen LogP contribution is 2.26. The van der Waals surface area contributed by atoms with Crippen molar-refractivity contribution < 1.29 is 13.2 Å². The number of amides is 1. The number of rotatable bonds is 6. The standard InChI is InChI=1S/C20H21N3O3S3/c24-19(12-18-14-28-20(21-18)17-6-11-27-13-17)22-7-9-23(10-8-22)29(25,26)15-16-4-2-1-3-5-16/h1-6,11,13-14H,7-10,12,15H2. The molecule has 3 heterocycles. The van der Waals surface area contributed by atoms with Gasteiger partial charge in [-0.2, -0.15) is 15.6 Å². The van der Waals surface area contributed by atoms with E-state index in [4.69, 9.17) is 0 Å². The van der Waals surface area contributed by atoms with E-state index in [-0.39, 0.29) is 18.1 Å². The number of sulfonamides is 1. The lowest BCUT2D eigenvalue weighted by atomic mass is 10.2. The van der Waals surface area contributed by atoms with E-state index in [9.17, 15) is 13.2 Å². The van der Waals surface area contributed by atoms with E-state index in [1.54, 1.807) is 16.2 Å². The number of carbonyl (C=O) groups excluding carboxylic acids is 1. The summed E-state index contributed by atoms with van der Waals surface area (Å²) >= 11 is 3.16. The number of thiophene rings is 1. The van der Waals surface area contributed by atoms with Crippen molar-refractivity contribution in [3.05, 3.63) is 63.8 Å². The van der Waals surface area contributed by atoms with Crippen LogP contribution in [0.15, 0.2) is 52.5 Å². The third-order valence-electron chi connectivity index (χ3n) is 4.83. The number of carbonyl (C=O) groups is 1. The van der Waals surface area contributed by atoms with E-state index in [2.05, 4.69) is 4.98 Å². The molecule has 0 bridgehead atoms. The second-order valence-corrected chi connectivity index (χ2v) is 10.5. The minimum Gasteiger partial charge on any atom is -0.340 e. The zero-order chi connectivity index (χ0) is 20.3. The van der Waals surface area contributed by atoms with Crippen LogP contribution in [0.5, 0.6) is 0 Å². The molecule has 9 heteroatoms. The van der Waals surface area contributed by atoms with Crippen molar-refractivity contribution in [1.82, 2.24) is 14.2 Å². The molecule has 0 radical (unpaired) electrons. The number of aromatic nitrogens is 1. The van der Waals surface area contributed by atoms with Crippen molar-refractivity contribution in [2.75, 3.05) is 26.2 Å². The first-order valence-corrected chi connectivity index (χ1v) is 12.7. The minimum absolute atomic E-state index is 0.00715. The molecule has 1 fully saturated rings. The van der Waals surface area contributed by atoms with Crippen molar-refractivity contribution in [2.45, 2.75) is 12.2 Å². The van der Waals surface area contributed by atoms with Crippen LogP contribution in [-0.2, 0) is 27.0 Å². The summed E-state index contributed by atoms with van der Waals surface area (Å²) in [6.07, 6.45) is 0.247. The van der Waals surface area contributed by atoms with Gasteiger partial charge in [0.15, 0.2) is 0 Å². The number of benzene rings is 1. The van der Waals surface area contributed by atoms with Crippen LogP contribution < -0.4 is 0 Å². The first kappa shape index (κ1) is 20.2. The van der Waals surface area contributed by atoms with Crippen molar-refractivity contribution in [3.63, 3.8) is 0 Å². The van der Waals surface area contributed by atoms with Gasteiger partial charge in [-0.3, -0.25) is 4.79 Å². The fraction of sp³-hybridized carbons (Fsp3) is 0.300. The SMILES string of the molecule is O=C(Cc1csc(-c2ccsc2)n1)N1CCN(S(=O)(=O)Cc2ccccc2)CC1. The average Bonchev–Trinajstić information content (AvgIpc) is 3.40. The fourth-order valence-electron chi connectivity index (χ4n) is 3.27. The van der Waals surface area contributed by atoms with Gasteiger partial charge in [0.2, 0.25) is 15.9 Å². The van der Waals surface area contributed by atoms with Gasteiger partial charge in [0.1, 0.15) is 5.01 Å². The summed E-state index contributed by atoms with van der Waals surface area (Å²) in [5, 5.41) is 6.89. The summed E-state index contributed by atoms with van der Waals surface area (Å²) in [6.45, 7) is 1.49. The van der Waals surface area contributed by atoms with Crippen LogP contribution in [0.25, 0.3) is 10.6 Å². The quantitative estimate of drug-likeness (QED) is 0.582. The molecular weight excluding hydrogens is 426 g/mol. The third-order valence-corrected chi connectivity index (χ3v) is 8.30. The molecule has 1 saturated heterocycles. The molecule has 0 saturated carbocycles. The molecule has 2 aromatic heterocycles. The number of hydrogen-bond donors (Lipinski definition) is 0. The van der Waals surface area contributed by atoms with Crippen LogP contribution in [0.3, 0.4) is 0 Å². The lowest BCUT2D eigenvalue weighted by Gasteiger charge is -2.34. The van der Waals surface area contributed by atoms with Gasteiger partial charge in [-0.15, -0.1) is 11.3 Å². The monoisotopic (exact) mass is 447 g/mol. The zero-order valence-electron chi connectivity index (χ0n) is 15.7. The van der Waals surface area contributed by atoms with E-state index >= 15 is 0 Å². The minimum atomic E-state index is -3.38. The highest BCUT2D eigenvalue weighted by Gasteiger charge is 2.29. The molecule has 29 heavy (non-hydrogen) atoms. The number of thiazole rings is 1. The number of nitrogens with zero attached hydrogens (tertiary/aromatic N) is 3. The predicted octanol–water partition coefficient (Wildman–Crippen LogP) is 3.09.